The summed E-state index contributed by atoms with van der Waals surface area (Å²) in [5.74, 6) is 0.248. The third-order valence-corrected chi connectivity index (χ3v) is 4.29. The Morgan fingerprint density at radius 2 is 2.19 bits per heavy atom. The number of hydrogen-bond donors (Lipinski definition) is 0. The Kier molecular flexibility index (Phi) is 6.79. The van der Waals surface area contributed by atoms with E-state index >= 15 is 0 Å². The van der Waals surface area contributed by atoms with Crippen molar-refractivity contribution in [3.63, 3.8) is 0 Å². The Morgan fingerprint density at radius 1 is 1.37 bits per heavy atom. The molecule has 0 spiro atoms. The van der Waals surface area contributed by atoms with E-state index in [1.165, 1.54) is 6.08 Å². The lowest BCUT2D eigenvalue weighted by atomic mass is 10.2. The molecule has 0 N–H and O–H groups in total. The second kappa shape index (κ2) is 9.48. The van der Waals surface area contributed by atoms with Crippen LogP contribution in [0, 0.1) is 5.92 Å². The van der Waals surface area contributed by atoms with Crippen molar-refractivity contribution in [2.24, 2.45) is 5.92 Å². The van der Waals surface area contributed by atoms with Crippen molar-refractivity contribution < 1.29 is 14.3 Å². The van der Waals surface area contributed by atoms with Crippen LogP contribution in [-0.4, -0.2) is 59.6 Å². The van der Waals surface area contributed by atoms with Crippen LogP contribution in [0.4, 0.5) is 0 Å². The van der Waals surface area contributed by atoms with Crippen LogP contribution in [0.1, 0.15) is 19.4 Å². The summed E-state index contributed by atoms with van der Waals surface area (Å²) in [6.45, 7) is 8.15. The van der Waals surface area contributed by atoms with Crippen LogP contribution in [-0.2, 0) is 14.3 Å². The van der Waals surface area contributed by atoms with Crippen LogP contribution in [0.25, 0.3) is 11.8 Å². The van der Waals surface area contributed by atoms with E-state index in [4.69, 9.17) is 9.47 Å². The number of carbonyl (C=O) groups is 1. The van der Waals surface area contributed by atoms with Gasteiger partial charge in [0.25, 0.3) is 0 Å². The molecule has 2 heterocycles. The predicted molar refractivity (Wildman–Crippen MR) is 105 cm³/mol. The molecule has 0 radical (unpaired) electrons. The molecule has 27 heavy (non-hydrogen) atoms. The van der Waals surface area contributed by atoms with Gasteiger partial charge in [0.15, 0.2) is 0 Å². The normalized spacial score (nSPS) is 18.3. The molecule has 1 aliphatic heterocycles. The minimum absolute atomic E-state index is 0.0596. The molecule has 3 rings (SSSR count). The zero-order chi connectivity index (χ0) is 19.1. The number of ether oxygens (including phenoxy) is 2. The fourth-order valence-electron chi connectivity index (χ4n) is 3.10. The minimum Gasteiger partial charge on any atom is -0.460 e. The molecule has 1 atom stereocenters. The Balaban J connectivity index is 1.46. The van der Waals surface area contributed by atoms with E-state index in [0.717, 1.165) is 30.9 Å². The van der Waals surface area contributed by atoms with Gasteiger partial charge in [0, 0.05) is 37.5 Å². The molecule has 1 aliphatic rings. The number of esters is 1. The fourth-order valence-corrected chi connectivity index (χ4v) is 3.10. The average molecular weight is 369 g/mol. The first-order chi connectivity index (χ1) is 13.1. The summed E-state index contributed by atoms with van der Waals surface area (Å²) in [6, 6.07) is 9.82. The summed E-state index contributed by atoms with van der Waals surface area (Å²) < 4.78 is 12.8. The standard InChI is InChI=1S/C21H27N3O3/c1-17(2)13-23-10-11-26-20(15-23)16-27-21(25)9-8-18-12-22-24(14-18)19-6-4-3-5-7-19/h3-9,12,14,17,20H,10-11,13,15-16H2,1-2H3/b9-8+. The van der Waals surface area contributed by atoms with Crippen LogP contribution in [0.15, 0.2) is 48.8 Å². The molecule has 1 saturated heterocycles. The molecule has 144 valence electrons. The highest BCUT2D eigenvalue weighted by Gasteiger charge is 2.21. The molecule has 1 aromatic carbocycles. The van der Waals surface area contributed by atoms with Gasteiger partial charge in [-0.25, -0.2) is 9.48 Å². The van der Waals surface area contributed by atoms with Gasteiger partial charge in [-0.05, 0) is 24.1 Å². The zero-order valence-corrected chi connectivity index (χ0v) is 16.0. The van der Waals surface area contributed by atoms with Crippen LogP contribution in [0.3, 0.4) is 0 Å². The molecule has 6 nitrogen and oxygen atoms in total. The SMILES string of the molecule is CC(C)CN1CCOC(COC(=O)/C=C/c2cnn(-c3ccccc3)c2)C1. The van der Waals surface area contributed by atoms with Crippen molar-refractivity contribution >= 4 is 12.0 Å². The van der Waals surface area contributed by atoms with E-state index in [0.29, 0.717) is 12.5 Å². The molecule has 1 aromatic heterocycles. The average Bonchev–Trinajstić information content (AvgIpc) is 3.14. The van der Waals surface area contributed by atoms with E-state index in [2.05, 4.69) is 23.8 Å². The van der Waals surface area contributed by atoms with Gasteiger partial charge in [0.1, 0.15) is 12.7 Å². The Morgan fingerprint density at radius 3 is 2.96 bits per heavy atom. The topological polar surface area (TPSA) is 56.6 Å². The summed E-state index contributed by atoms with van der Waals surface area (Å²) in [5.41, 5.74) is 1.81. The molecule has 0 bridgehead atoms. The van der Waals surface area contributed by atoms with Crippen molar-refractivity contribution in [1.29, 1.82) is 0 Å². The maximum Gasteiger partial charge on any atom is 0.330 e. The maximum atomic E-state index is 12.0. The molecule has 0 aliphatic carbocycles. The quantitative estimate of drug-likeness (QED) is 0.555. The number of carbonyl (C=O) groups excluding carboxylic acids is 1. The van der Waals surface area contributed by atoms with Crippen molar-refractivity contribution in [3.05, 3.63) is 54.4 Å². The third kappa shape index (κ3) is 6.05. The summed E-state index contributed by atoms with van der Waals surface area (Å²) >= 11 is 0. The molecule has 1 fully saturated rings. The summed E-state index contributed by atoms with van der Waals surface area (Å²) in [4.78, 5) is 14.4. The van der Waals surface area contributed by atoms with Crippen LogP contribution >= 0.6 is 0 Å². The number of para-hydroxylation sites is 1. The van der Waals surface area contributed by atoms with Crippen molar-refractivity contribution in [2.45, 2.75) is 20.0 Å². The molecule has 2 aromatic rings. The van der Waals surface area contributed by atoms with Gasteiger partial charge in [-0.3, -0.25) is 4.90 Å². The van der Waals surface area contributed by atoms with Gasteiger partial charge in [0.2, 0.25) is 0 Å². The minimum atomic E-state index is -0.368. The highest BCUT2D eigenvalue weighted by Crippen LogP contribution is 2.10. The molecule has 1 unspecified atom stereocenters. The first-order valence-electron chi connectivity index (χ1n) is 9.39. The first kappa shape index (κ1) is 19.3. The number of aromatic nitrogens is 2. The number of benzene rings is 1. The molecule has 0 amide bonds. The summed E-state index contributed by atoms with van der Waals surface area (Å²) in [6.07, 6.45) is 6.66. The largest absolute Gasteiger partial charge is 0.460 e. The molecule has 0 saturated carbocycles. The number of morpholine rings is 1. The lowest BCUT2D eigenvalue weighted by molar-refractivity contribution is -0.144. The van der Waals surface area contributed by atoms with Crippen molar-refractivity contribution in [1.82, 2.24) is 14.7 Å². The lowest BCUT2D eigenvalue weighted by Crippen LogP contribution is -2.45. The highest BCUT2D eigenvalue weighted by atomic mass is 16.6. The lowest BCUT2D eigenvalue weighted by Gasteiger charge is -2.33. The van der Waals surface area contributed by atoms with Gasteiger partial charge in [0.05, 0.1) is 18.5 Å². The second-order valence-electron chi connectivity index (χ2n) is 7.16. The van der Waals surface area contributed by atoms with Crippen LogP contribution in [0.5, 0.6) is 0 Å². The van der Waals surface area contributed by atoms with Crippen molar-refractivity contribution in [2.75, 3.05) is 32.8 Å². The summed E-state index contributed by atoms with van der Waals surface area (Å²) in [5, 5.41) is 4.30. The van der Waals surface area contributed by atoms with Crippen molar-refractivity contribution in [3.8, 4) is 5.69 Å². The molecular weight excluding hydrogens is 342 g/mol. The molecular formula is C21H27N3O3. The zero-order valence-electron chi connectivity index (χ0n) is 16.0. The van der Waals surface area contributed by atoms with E-state index < -0.39 is 0 Å². The number of rotatable bonds is 7. The van der Waals surface area contributed by atoms with Crippen LogP contribution in [0.2, 0.25) is 0 Å². The third-order valence-electron chi connectivity index (χ3n) is 4.29. The highest BCUT2D eigenvalue weighted by molar-refractivity contribution is 5.86. The van der Waals surface area contributed by atoms with E-state index in [-0.39, 0.29) is 18.7 Å². The monoisotopic (exact) mass is 369 g/mol. The number of nitrogens with zero attached hydrogens (tertiary/aromatic N) is 3. The van der Waals surface area contributed by atoms with E-state index in [1.54, 1.807) is 17.0 Å². The summed E-state index contributed by atoms with van der Waals surface area (Å²) in [7, 11) is 0. The smallest absolute Gasteiger partial charge is 0.330 e. The first-order valence-corrected chi connectivity index (χ1v) is 9.39. The Hall–Kier alpha value is -2.44. The Bertz CT molecular complexity index is 755. The fraction of sp³-hybridized carbons (Fsp3) is 0.429. The van der Waals surface area contributed by atoms with E-state index in [9.17, 15) is 4.79 Å². The van der Waals surface area contributed by atoms with Gasteiger partial charge >= 0.3 is 5.97 Å². The van der Waals surface area contributed by atoms with E-state index in [1.807, 2.05) is 36.5 Å². The van der Waals surface area contributed by atoms with Gasteiger partial charge in [-0.2, -0.15) is 5.10 Å². The second-order valence-corrected chi connectivity index (χ2v) is 7.16. The Labute approximate surface area is 160 Å². The predicted octanol–water partition coefficient (Wildman–Crippen LogP) is 2.79. The number of hydrogen-bond acceptors (Lipinski definition) is 5. The van der Waals surface area contributed by atoms with Gasteiger partial charge in [-0.1, -0.05) is 32.0 Å². The van der Waals surface area contributed by atoms with Crippen LogP contribution < -0.4 is 0 Å². The molecule has 6 heteroatoms. The van der Waals surface area contributed by atoms with Gasteiger partial charge in [-0.15, -0.1) is 0 Å². The maximum absolute atomic E-state index is 12.0. The van der Waals surface area contributed by atoms with Gasteiger partial charge < -0.3 is 9.47 Å².